The maximum Gasteiger partial charge on any atom is 0.387 e. The van der Waals surface area contributed by atoms with Crippen LogP contribution < -0.4 is 10.5 Å². The molecule has 0 atom stereocenters. The molecule has 0 aliphatic rings. The molecule has 6 heteroatoms. The van der Waals surface area contributed by atoms with Crippen molar-refractivity contribution < 1.29 is 18.3 Å². The first-order chi connectivity index (χ1) is 9.47. The number of ether oxygens (including phenoxy) is 1. The molecule has 2 aromatic rings. The fourth-order valence-electron chi connectivity index (χ4n) is 1.65. The third-order valence-corrected chi connectivity index (χ3v) is 2.91. The Morgan fingerprint density at radius 2 is 1.85 bits per heavy atom. The van der Waals surface area contributed by atoms with Crippen molar-refractivity contribution in [2.24, 2.45) is 0 Å². The van der Waals surface area contributed by atoms with Crippen LogP contribution in [0.2, 0.25) is 5.02 Å². The van der Waals surface area contributed by atoms with Gasteiger partial charge in [-0.25, -0.2) is 0 Å². The number of ketones is 1. The Hall–Kier alpha value is -2.14. The van der Waals surface area contributed by atoms with Crippen LogP contribution in [0.5, 0.6) is 5.75 Å². The van der Waals surface area contributed by atoms with Crippen LogP contribution in [0.15, 0.2) is 42.5 Å². The number of hydrogen-bond acceptors (Lipinski definition) is 3. The summed E-state index contributed by atoms with van der Waals surface area (Å²) in [6.45, 7) is -2.94. The molecule has 0 aromatic heterocycles. The van der Waals surface area contributed by atoms with Crippen molar-refractivity contribution in [1.82, 2.24) is 0 Å². The summed E-state index contributed by atoms with van der Waals surface area (Å²) in [6.07, 6.45) is 0. The number of nitrogen functional groups attached to an aromatic ring is 1. The summed E-state index contributed by atoms with van der Waals surface area (Å²) in [7, 11) is 0. The van der Waals surface area contributed by atoms with E-state index in [0.717, 1.165) is 0 Å². The molecule has 104 valence electrons. The van der Waals surface area contributed by atoms with Gasteiger partial charge >= 0.3 is 6.61 Å². The molecule has 2 N–H and O–H groups in total. The highest BCUT2D eigenvalue weighted by Crippen LogP contribution is 2.23. The van der Waals surface area contributed by atoms with Crippen LogP contribution in [0.4, 0.5) is 14.5 Å². The molecule has 0 aliphatic carbocycles. The fourth-order valence-corrected chi connectivity index (χ4v) is 1.83. The molecule has 0 fully saturated rings. The normalized spacial score (nSPS) is 10.6. The molecule has 0 heterocycles. The van der Waals surface area contributed by atoms with E-state index < -0.39 is 6.61 Å². The van der Waals surface area contributed by atoms with E-state index >= 15 is 0 Å². The maximum absolute atomic E-state index is 12.2. The van der Waals surface area contributed by atoms with E-state index in [-0.39, 0.29) is 22.1 Å². The minimum Gasteiger partial charge on any atom is -0.435 e. The number of carbonyl (C=O) groups excluding carboxylic acids is 1. The Bertz CT molecular complexity index is 647. The van der Waals surface area contributed by atoms with Crippen molar-refractivity contribution in [2.45, 2.75) is 6.61 Å². The van der Waals surface area contributed by atoms with Gasteiger partial charge in [-0.15, -0.1) is 0 Å². The summed E-state index contributed by atoms with van der Waals surface area (Å²) in [5, 5.41) is 0.260. The third kappa shape index (κ3) is 3.24. The SMILES string of the molecule is Nc1ccc(C(=O)c2cccc(OC(F)F)c2)cc1Cl. The van der Waals surface area contributed by atoms with E-state index in [4.69, 9.17) is 17.3 Å². The van der Waals surface area contributed by atoms with Crippen LogP contribution in [0.3, 0.4) is 0 Å². The lowest BCUT2D eigenvalue weighted by molar-refractivity contribution is -0.0498. The summed E-state index contributed by atoms with van der Waals surface area (Å²) in [6, 6.07) is 10.0. The highest BCUT2D eigenvalue weighted by Gasteiger charge is 2.12. The maximum atomic E-state index is 12.2. The highest BCUT2D eigenvalue weighted by molar-refractivity contribution is 6.33. The average molecular weight is 298 g/mol. The fraction of sp³-hybridized carbons (Fsp3) is 0.0714. The molecule has 3 nitrogen and oxygen atoms in total. The van der Waals surface area contributed by atoms with Gasteiger partial charge in [0.2, 0.25) is 0 Å². The molecule has 2 rings (SSSR count). The first-order valence-corrected chi connectivity index (χ1v) is 6.00. The lowest BCUT2D eigenvalue weighted by Gasteiger charge is -2.07. The van der Waals surface area contributed by atoms with E-state index in [9.17, 15) is 13.6 Å². The summed E-state index contributed by atoms with van der Waals surface area (Å²) >= 11 is 5.84. The summed E-state index contributed by atoms with van der Waals surface area (Å²) < 4.78 is 28.5. The molecular weight excluding hydrogens is 288 g/mol. The van der Waals surface area contributed by atoms with Crippen molar-refractivity contribution >= 4 is 23.1 Å². The van der Waals surface area contributed by atoms with Crippen molar-refractivity contribution in [3.63, 3.8) is 0 Å². The molecular formula is C14H10ClF2NO2. The van der Waals surface area contributed by atoms with Gasteiger partial charge < -0.3 is 10.5 Å². The first kappa shape index (κ1) is 14.3. The lowest BCUT2D eigenvalue weighted by atomic mass is 10.0. The van der Waals surface area contributed by atoms with Crippen LogP contribution in [0.25, 0.3) is 0 Å². The van der Waals surface area contributed by atoms with E-state index in [1.165, 1.54) is 42.5 Å². The molecule has 2 aromatic carbocycles. The third-order valence-electron chi connectivity index (χ3n) is 2.58. The molecule has 0 aliphatic heterocycles. The molecule has 0 spiro atoms. The minimum absolute atomic E-state index is 0.0765. The Balaban J connectivity index is 2.30. The molecule has 0 bridgehead atoms. The second-order valence-electron chi connectivity index (χ2n) is 3.97. The number of benzene rings is 2. The van der Waals surface area contributed by atoms with Gasteiger partial charge in [0.05, 0.1) is 10.7 Å². The van der Waals surface area contributed by atoms with Gasteiger partial charge in [-0.05, 0) is 30.3 Å². The Morgan fingerprint density at radius 3 is 2.50 bits per heavy atom. The zero-order chi connectivity index (χ0) is 14.7. The van der Waals surface area contributed by atoms with Gasteiger partial charge in [0.25, 0.3) is 0 Å². The number of hydrogen-bond donors (Lipinski definition) is 1. The number of rotatable bonds is 4. The van der Waals surface area contributed by atoms with Gasteiger partial charge in [0.15, 0.2) is 5.78 Å². The summed E-state index contributed by atoms with van der Waals surface area (Å²) in [5.41, 5.74) is 6.46. The lowest BCUT2D eigenvalue weighted by Crippen LogP contribution is -2.05. The van der Waals surface area contributed by atoms with Gasteiger partial charge in [-0.3, -0.25) is 4.79 Å². The molecule has 0 saturated heterocycles. The number of anilines is 1. The Morgan fingerprint density at radius 1 is 1.15 bits per heavy atom. The second kappa shape index (κ2) is 5.88. The van der Waals surface area contributed by atoms with Crippen molar-refractivity contribution in [2.75, 3.05) is 5.73 Å². The minimum atomic E-state index is -2.94. The zero-order valence-corrected chi connectivity index (χ0v) is 10.9. The van der Waals surface area contributed by atoms with E-state index in [2.05, 4.69) is 4.74 Å². The van der Waals surface area contributed by atoms with Gasteiger partial charge in [-0.2, -0.15) is 8.78 Å². The van der Waals surface area contributed by atoms with Crippen LogP contribution >= 0.6 is 11.6 Å². The standard InChI is InChI=1S/C14H10ClF2NO2/c15-11-7-9(4-5-12(11)18)13(19)8-2-1-3-10(6-8)20-14(16)17/h1-7,14H,18H2. The van der Waals surface area contributed by atoms with E-state index in [1.54, 1.807) is 0 Å². The van der Waals surface area contributed by atoms with Crippen molar-refractivity contribution in [1.29, 1.82) is 0 Å². The average Bonchev–Trinajstić information content (AvgIpc) is 2.40. The molecule has 0 amide bonds. The highest BCUT2D eigenvalue weighted by atomic mass is 35.5. The predicted octanol–water partition coefficient (Wildman–Crippen LogP) is 3.75. The van der Waals surface area contributed by atoms with Crippen LogP contribution in [-0.2, 0) is 0 Å². The van der Waals surface area contributed by atoms with Crippen molar-refractivity contribution in [3.8, 4) is 5.75 Å². The Kier molecular flexibility index (Phi) is 4.20. The number of carbonyl (C=O) groups is 1. The summed E-state index contributed by atoms with van der Waals surface area (Å²) in [5.74, 6) is -0.431. The van der Waals surface area contributed by atoms with Crippen LogP contribution in [-0.4, -0.2) is 12.4 Å². The Labute approximate surface area is 118 Å². The number of alkyl halides is 2. The molecule has 20 heavy (non-hydrogen) atoms. The van der Waals surface area contributed by atoms with Gasteiger partial charge in [0.1, 0.15) is 5.75 Å². The molecule has 0 unspecified atom stereocenters. The molecule has 0 saturated carbocycles. The largest absolute Gasteiger partial charge is 0.435 e. The number of nitrogens with two attached hydrogens (primary N) is 1. The molecule has 0 radical (unpaired) electrons. The topological polar surface area (TPSA) is 52.3 Å². The van der Waals surface area contributed by atoms with Crippen LogP contribution in [0.1, 0.15) is 15.9 Å². The summed E-state index contributed by atoms with van der Waals surface area (Å²) in [4.78, 5) is 12.2. The second-order valence-corrected chi connectivity index (χ2v) is 4.38. The van der Waals surface area contributed by atoms with Gasteiger partial charge in [-0.1, -0.05) is 23.7 Å². The monoisotopic (exact) mass is 297 g/mol. The first-order valence-electron chi connectivity index (χ1n) is 5.62. The number of halogens is 3. The van der Waals surface area contributed by atoms with Gasteiger partial charge in [0, 0.05) is 11.1 Å². The van der Waals surface area contributed by atoms with Crippen LogP contribution in [0, 0.1) is 0 Å². The predicted molar refractivity (Wildman–Crippen MR) is 72.4 cm³/mol. The van der Waals surface area contributed by atoms with Crippen molar-refractivity contribution in [3.05, 3.63) is 58.6 Å². The van der Waals surface area contributed by atoms with E-state index in [0.29, 0.717) is 11.3 Å². The quantitative estimate of drug-likeness (QED) is 0.690. The van der Waals surface area contributed by atoms with E-state index in [1.807, 2.05) is 0 Å². The zero-order valence-electron chi connectivity index (χ0n) is 10.1. The smallest absolute Gasteiger partial charge is 0.387 e.